The maximum atomic E-state index is 12.4. The molecular weight excluding hydrogens is 360 g/mol. The molecule has 0 aliphatic rings. The number of hydrogen-bond donors (Lipinski definition) is 2. The van der Waals surface area contributed by atoms with Crippen LogP contribution in [0.4, 0.5) is 11.4 Å². The van der Waals surface area contributed by atoms with E-state index in [2.05, 4.69) is 10.6 Å². The Hall–Kier alpha value is -3.12. The minimum atomic E-state index is -0.218. The third-order valence-electron chi connectivity index (χ3n) is 4.09. The number of hydrogen-bond acceptors (Lipinski definition) is 4. The summed E-state index contributed by atoms with van der Waals surface area (Å²) in [5, 5.41) is 7.62. The number of carbonyl (C=O) groups excluding carboxylic acids is 2. The molecule has 1 heterocycles. The Labute approximate surface area is 162 Å². The van der Waals surface area contributed by atoms with Gasteiger partial charge >= 0.3 is 0 Å². The summed E-state index contributed by atoms with van der Waals surface area (Å²) in [5.74, 6) is 0.381. The summed E-state index contributed by atoms with van der Waals surface area (Å²) in [6.45, 7) is 2.02. The summed E-state index contributed by atoms with van der Waals surface area (Å²) in [5.41, 5.74) is 2.88. The van der Waals surface area contributed by atoms with Crippen molar-refractivity contribution >= 4 is 34.5 Å². The van der Waals surface area contributed by atoms with E-state index in [1.165, 1.54) is 11.3 Å². The van der Waals surface area contributed by atoms with Gasteiger partial charge in [-0.05, 0) is 72.0 Å². The first-order chi connectivity index (χ1) is 13.1. The number of carbonyl (C=O) groups is 2. The number of aryl methyl sites for hydroxylation is 1. The molecule has 0 aliphatic carbocycles. The molecule has 3 aromatic rings. The molecule has 0 fully saturated rings. The van der Waals surface area contributed by atoms with Crippen molar-refractivity contribution in [2.75, 3.05) is 17.7 Å². The molecule has 0 atom stereocenters. The summed E-state index contributed by atoms with van der Waals surface area (Å²) in [6, 6.07) is 15.9. The normalized spacial score (nSPS) is 10.3. The highest BCUT2D eigenvalue weighted by molar-refractivity contribution is 7.12. The van der Waals surface area contributed by atoms with Gasteiger partial charge in [0.25, 0.3) is 11.8 Å². The van der Waals surface area contributed by atoms with Crippen molar-refractivity contribution in [1.29, 1.82) is 0 Å². The Morgan fingerprint density at radius 2 is 1.48 bits per heavy atom. The molecule has 5 nitrogen and oxygen atoms in total. The Morgan fingerprint density at radius 1 is 0.889 bits per heavy atom. The summed E-state index contributed by atoms with van der Waals surface area (Å²) < 4.78 is 5.10. The maximum Gasteiger partial charge on any atom is 0.266 e. The summed E-state index contributed by atoms with van der Waals surface area (Å²) in [4.78, 5) is 25.4. The van der Waals surface area contributed by atoms with Crippen molar-refractivity contribution < 1.29 is 14.3 Å². The molecule has 6 heteroatoms. The van der Waals surface area contributed by atoms with Gasteiger partial charge in [0, 0.05) is 16.9 Å². The van der Waals surface area contributed by atoms with Crippen molar-refractivity contribution in [3.05, 3.63) is 76.0 Å². The SMILES string of the molecule is CCc1ccsc1C(=O)Nc1ccc(C(=O)Nc2ccc(OC)cc2)cc1. The molecule has 0 spiro atoms. The molecule has 0 bridgehead atoms. The number of nitrogens with one attached hydrogen (secondary N) is 2. The zero-order chi connectivity index (χ0) is 19.2. The van der Waals surface area contributed by atoms with E-state index in [0.717, 1.165) is 22.6 Å². The minimum absolute atomic E-state index is 0.128. The van der Waals surface area contributed by atoms with Crippen LogP contribution in [0.2, 0.25) is 0 Å². The number of amides is 2. The largest absolute Gasteiger partial charge is 0.497 e. The van der Waals surface area contributed by atoms with E-state index >= 15 is 0 Å². The van der Waals surface area contributed by atoms with E-state index in [1.807, 2.05) is 18.4 Å². The van der Waals surface area contributed by atoms with E-state index < -0.39 is 0 Å². The van der Waals surface area contributed by atoms with Crippen LogP contribution in [0.5, 0.6) is 5.75 Å². The van der Waals surface area contributed by atoms with Crippen molar-refractivity contribution in [3.8, 4) is 5.75 Å². The second-order valence-electron chi connectivity index (χ2n) is 5.84. The van der Waals surface area contributed by atoms with E-state index in [0.29, 0.717) is 16.9 Å². The first-order valence-corrected chi connectivity index (χ1v) is 9.42. The van der Waals surface area contributed by atoms with Gasteiger partial charge in [0.05, 0.1) is 12.0 Å². The number of methoxy groups -OCH3 is 1. The molecule has 2 amide bonds. The van der Waals surface area contributed by atoms with E-state index in [9.17, 15) is 9.59 Å². The van der Waals surface area contributed by atoms with Crippen LogP contribution in [0, 0.1) is 0 Å². The third kappa shape index (κ3) is 4.54. The standard InChI is InChI=1S/C21H20N2O3S/c1-3-14-12-13-27-19(14)21(25)23-16-6-4-15(5-7-16)20(24)22-17-8-10-18(26-2)11-9-17/h4-13H,3H2,1-2H3,(H,22,24)(H,23,25). The highest BCUT2D eigenvalue weighted by Gasteiger charge is 2.13. The lowest BCUT2D eigenvalue weighted by Gasteiger charge is -2.08. The summed E-state index contributed by atoms with van der Waals surface area (Å²) in [6.07, 6.45) is 0.816. The van der Waals surface area contributed by atoms with Crippen LogP contribution in [-0.4, -0.2) is 18.9 Å². The van der Waals surface area contributed by atoms with Gasteiger partial charge in [0.2, 0.25) is 0 Å². The number of benzene rings is 2. The van der Waals surface area contributed by atoms with Crippen molar-refractivity contribution in [2.45, 2.75) is 13.3 Å². The lowest BCUT2D eigenvalue weighted by atomic mass is 10.1. The predicted molar refractivity (Wildman–Crippen MR) is 109 cm³/mol. The van der Waals surface area contributed by atoms with Gasteiger partial charge in [-0.25, -0.2) is 0 Å². The number of rotatable bonds is 6. The van der Waals surface area contributed by atoms with Crippen LogP contribution in [0.25, 0.3) is 0 Å². The molecule has 0 aliphatic heterocycles. The van der Waals surface area contributed by atoms with Crippen LogP contribution < -0.4 is 15.4 Å². The number of thiophene rings is 1. The fourth-order valence-corrected chi connectivity index (χ4v) is 3.47. The molecular formula is C21H20N2O3S. The lowest BCUT2D eigenvalue weighted by Crippen LogP contribution is -2.13. The Bertz CT molecular complexity index is 931. The van der Waals surface area contributed by atoms with E-state index in [-0.39, 0.29) is 11.8 Å². The summed E-state index contributed by atoms with van der Waals surface area (Å²) in [7, 11) is 1.59. The highest BCUT2D eigenvalue weighted by Crippen LogP contribution is 2.20. The van der Waals surface area contributed by atoms with Gasteiger partial charge in [-0.3, -0.25) is 9.59 Å². The van der Waals surface area contributed by atoms with Crippen LogP contribution in [-0.2, 0) is 6.42 Å². The first-order valence-electron chi connectivity index (χ1n) is 8.54. The second kappa shape index (κ2) is 8.51. The third-order valence-corrected chi connectivity index (χ3v) is 5.04. The maximum absolute atomic E-state index is 12.4. The molecule has 0 unspecified atom stereocenters. The predicted octanol–water partition coefficient (Wildman–Crippen LogP) is 4.82. The lowest BCUT2D eigenvalue weighted by molar-refractivity contribution is 0.102. The van der Waals surface area contributed by atoms with Gasteiger partial charge < -0.3 is 15.4 Å². The molecule has 0 saturated heterocycles. The van der Waals surface area contributed by atoms with Crippen LogP contribution >= 0.6 is 11.3 Å². The summed E-state index contributed by atoms with van der Waals surface area (Å²) >= 11 is 1.43. The highest BCUT2D eigenvalue weighted by atomic mass is 32.1. The van der Waals surface area contributed by atoms with Crippen LogP contribution in [0.3, 0.4) is 0 Å². The average Bonchev–Trinajstić information content (AvgIpc) is 3.18. The fraction of sp³-hybridized carbons (Fsp3) is 0.143. The fourth-order valence-electron chi connectivity index (χ4n) is 2.58. The Morgan fingerprint density at radius 3 is 2.07 bits per heavy atom. The van der Waals surface area contributed by atoms with Gasteiger partial charge in [0.1, 0.15) is 5.75 Å². The van der Waals surface area contributed by atoms with E-state index in [1.54, 1.807) is 55.6 Å². The van der Waals surface area contributed by atoms with Crippen LogP contribution in [0.15, 0.2) is 60.0 Å². The Balaban J connectivity index is 1.63. The molecule has 27 heavy (non-hydrogen) atoms. The second-order valence-corrected chi connectivity index (χ2v) is 6.76. The molecule has 2 aromatic carbocycles. The molecule has 2 N–H and O–H groups in total. The van der Waals surface area contributed by atoms with Gasteiger partial charge in [-0.1, -0.05) is 6.92 Å². The number of anilines is 2. The molecule has 1 aromatic heterocycles. The topological polar surface area (TPSA) is 67.4 Å². The monoisotopic (exact) mass is 380 g/mol. The van der Waals surface area contributed by atoms with Gasteiger partial charge in [-0.15, -0.1) is 11.3 Å². The van der Waals surface area contributed by atoms with Crippen molar-refractivity contribution in [2.24, 2.45) is 0 Å². The quantitative estimate of drug-likeness (QED) is 0.644. The molecule has 0 saturated carbocycles. The Kier molecular flexibility index (Phi) is 5.88. The molecule has 138 valence electrons. The van der Waals surface area contributed by atoms with Gasteiger partial charge in [0.15, 0.2) is 0 Å². The smallest absolute Gasteiger partial charge is 0.266 e. The molecule has 3 rings (SSSR count). The van der Waals surface area contributed by atoms with Crippen molar-refractivity contribution in [1.82, 2.24) is 0 Å². The number of ether oxygens (including phenoxy) is 1. The average molecular weight is 380 g/mol. The minimum Gasteiger partial charge on any atom is -0.497 e. The van der Waals surface area contributed by atoms with E-state index in [4.69, 9.17) is 4.74 Å². The van der Waals surface area contributed by atoms with Crippen molar-refractivity contribution in [3.63, 3.8) is 0 Å². The van der Waals surface area contributed by atoms with Gasteiger partial charge in [-0.2, -0.15) is 0 Å². The zero-order valence-electron chi connectivity index (χ0n) is 15.1. The van der Waals surface area contributed by atoms with Crippen LogP contribution in [0.1, 0.15) is 32.5 Å². The molecule has 0 radical (unpaired) electrons. The first kappa shape index (κ1) is 18.7. The zero-order valence-corrected chi connectivity index (χ0v) is 15.9.